The van der Waals surface area contributed by atoms with Crippen molar-refractivity contribution in [2.24, 2.45) is 5.73 Å². The molecule has 3 heteroatoms. The molecule has 3 nitrogen and oxygen atoms in total. The van der Waals surface area contributed by atoms with Gasteiger partial charge in [0.2, 0.25) is 0 Å². The molecule has 0 aromatic heterocycles. The number of esters is 1. The average molecular weight is 183 g/mol. The summed E-state index contributed by atoms with van der Waals surface area (Å²) in [6, 6.07) is 0. The van der Waals surface area contributed by atoms with Crippen molar-refractivity contribution in [3.8, 4) is 0 Å². The van der Waals surface area contributed by atoms with Crippen molar-refractivity contribution in [1.29, 1.82) is 0 Å². The third-order valence-corrected chi connectivity index (χ3v) is 1.62. The molecule has 0 spiro atoms. The molecular formula is C10H17NO2. The summed E-state index contributed by atoms with van der Waals surface area (Å²) in [7, 11) is 0. The van der Waals surface area contributed by atoms with Gasteiger partial charge in [0.05, 0.1) is 12.2 Å². The summed E-state index contributed by atoms with van der Waals surface area (Å²) in [4.78, 5) is 11.4. The van der Waals surface area contributed by atoms with Gasteiger partial charge in [-0.25, -0.2) is 4.79 Å². The lowest BCUT2D eigenvalue weighted by Gasteiger charge is -2.08. The molecule has 2 N–H and O–H groups in total. The van der Waals surface area contributed by atoms with Crippen LogP contribution in [0.15, 0.2) is 22.9 Å². The molecule has 0 aliphatic carbocycles. The van der Waals surface area contributed by atoms with Gasteiger partial charge in [0.25, 0.3) is 0 Å². The fourth-order valence-corrected chi connectivity index (χ4v) is 1.05. The van der Waals surface area contributed by atoms with E-state index in [4.69, 9.17) is 10.5 Å². The van der Waals surface area contributed by atoms with Gasteiger partial charge >= 0.3 is 5.97 Å². The number of nitrogens with two attached hydrogens (primary N) is 1. The highest BCUT2D eigenvalue weighted by Crippen LogP contribution is 2.14. The van der Waals surface area contributed by atoms with Crippen LogP contribution in [0, 0.1) is 0 Å². The van der Waals surface area contributed by atoms with Crippen LogP contribution in [0.1, 0.15) is 27.7 Å². The Morgan fingerprint density at radius 3 is 2.23 bits per heavy atom. The number of carbonyl (C=O) groups is 1. The van der Waals surface area contributed by atoms with Gasteiger partial charge in [-0.05, 0) is 39.5 Å². The minimum Gasteiger partial charge on any atom is -0.462 e. The van der Waals surface area contributed by atoms with Crippen LogP contribution < -0.4 is 5.73 Å². The Labute approximate surface area is 79.3 Å². The standard InChI is InChI=1S/C10H17NO2/c1-5-13-10(12)9(7(2)3)8(4)6-11/h6H,5,11H2,1-4H3/b8-6-. The molecule has 0 atom stereocenters. The third-order valence-electron chi connectivity index (χ3n) is 1.62. The number of hydrogen-bond acceptors (Lipinski definition) is 3. The maximum Gasteiger partial charge on any atom is 0.338 e. The van der Waals surface area contributed by atoms with Gasteiger partial charge < -0.3 is 10.5 Å². The lowest BCUT2D eigenvalue weighted by molar-refractivity contribution is -0.138. The normalized spacial score (nSPS) is 10.9. The molecule has 0 fully saturated rings. The summed E-state index contributed by atoms with van der Waals surface area (Å²) in [5, 5.41) is 0. The molecule has 0 rings (SSSR count). The van der Waals surface area contributed by atoms with E-state index in [1.807, 2.05) is 13.8 Å². The SMILES string of the molecule is CCOC(=O)C(=C(C)C)/C(C)=C\N. The molecule has 13 heavy (non-hydrogen) atoms. The summed E-state index contributed by atoms with van der Waals surface area (Å²) < 4.78 is 4.90. The van der Waals surface area contributed by atoms with E-state index in [0.717, 1.165) is 11.1 Å². The van der Waals surface area contributed by atoms with E-state index in [0.29, 0.717) is 12.2 Å². The van der Waals surface area contributed by atoms with Gasteiger partial charge in [-0.2, -0.15) is 0 Å². The number of rotatable bonds is 3. The molecule has 74 valence electrons. The number of ether oxygens (including phenoxy) is 1. The van der Waals surface area contributed by atoms with Crippen molar-refractivity contribution in [3.05, 3.63) is 22.9 Å². The summed E-state index contributed by atoms with van der Waals surface area (Å²) in [6.45, 7) is 7.67. The first kappa shape index (κ1) is 11.8. The monoisotopic (exact) mass is 183 g/mol. The molecule has 0 heterocycles. The number of hydrogen-bond donors (Lipinski definition) is 1. The molecule has 0 aromatic rings. The van der Waals surface area contributed by atoms with Gasteiger partial charge in [0.1, 0.15) is 0 Å². The van der Waals surface area contributed by atoms with Crippen LogP contribution in [0.4, 0.5) is 0 Å². The second-order valence-corrected chi connectivity index (χ2v) is 2.95. The Balaban J connectivity index is 4.86. The van der Waals surface area contributed by atoms with Crippen molar-refractivity contribution < 1.29 is 9.53 Å². The zero-order chi connectivity index (χ0) is 10.4. The van der Waals surface area contributed by atoms with Crippen LogP contribution in [-0.2, 0) is 9.53 Å². The molecule has 0 aliphatic heterocycles. The van der Waals surface area contributed by atoms with Crippen LogP contribution in [-0.4, -0.2) is 12.6 Å². The van der Waals surface area contributed by atoms with Gasteiger partial charge in [-0.3, -0.25) is 0 Å². The Morgan fingerprint density at radius 2 is 1.92 bits per heavy atom. The lowest BCUT2D eigenvalue weighted by Crippen LogP contribution is -2.10. The molecule has 0 radical (unpaired) electrons. The van der Waals surface area contributed by atoms with Gasteiger partial charge in [-0.1, -0.05) is 5.57 Å². The van der Waals surface area contributed by atoms with Crippen LogP contribution in [0.3, 0.4) is 0 Å². The summed E-state index contributed by atoms with van der Waals surface area (Å²) in [5.41, 5.74) is 7.58. The van der Waals surface area contributed by atoms with Crippen molar-refractivity contribution in [3.63, 3.8) is 0 Å². The highest BCUT2D eigenvalue weighted by molar-refractivity contribution is 5.93. The third kappa shape index (κ3) is 3.32. The largest absolute Gasteiger partial charge is 0.462 e. The topological polar surface area (TPSA) is 52.3 Å². The maximum absolute atomic E-state index is 11.4. The fourth-order valence-electron chi connectivity index (χ4n) is 1.05. The smallest absolute Gasteiger partial charge is 0.338 e. The quantitative estimate of drug-likeness (QED) is 0.412. The van der Waals surface area contributed by atoms with E-state index in [9.17, 15) is 4.79 Å². The van der Waals surface area contributed by atoms with Crippen molar-refractivity contribution in [2.45, 2.75) is 27.7 Å². The van der Waals surface area contributed by atoms with E-state index < -0.39 is 0 Å². The predicted molar refractivity (Wildman–Crippen MR) is 53.0 cm³/mol. The first-order valence-electron chi connectivity index (χ1n) is 4.28. The Hall–Kier alpha value is -1.25. The molecule has 0 amide bonds. The molecule has 0 aliphatic rings. The Morgan fingerprint density at radius 1 is 1.38 bits per heavy atom. The van der Waals surface area contributed by atoms with Crippen molar-refractivity contribution in [1.82, 2.24) is 0 Å². The van der Waals surface area contributed by atoms with Crippen LogP contribution in [0.25, 0.3) is 0 Å². The second-order valence-electron chi connectivity index (χ2n) is 2.95. The second kappa shape index (κ2) is 5.41. The minimum absolute atomic E-state index is 0.304. The Bertz CT molecular complexity index is 248. The minimum atomic E-state index is -0.304. The molecular weight excluding hydrogens is 166 g/mol. The molecule has 0 bridgehead atoms. The van der Waals surface area contributed by atoms with Crippen molar-refractivity contribution >= 4 is 5.97 Å². The van der Waals surface area contributed by atoms with Gasteiger partial charge in [-0.15, -0.1) is 0 Å². The number of allylic oxidation sites excluding steroid dienone is 1. The highest BCUT2D eigenvalue weighted by Gasteiger charge is 2.13. The van der Waals surface area contributed by atoms with E-state index in [-0.39, 0.29) is 5.97 Å². The van der Waals surface area contributed by atoms with Gasteiger partial charge in [0.15, 0.2) is 0 Å². The Kier molecular flexibility index (Phi) is 4.89. The fraction of sp³-hybridized carbons (Fsp3) is 0.500. The molecule has 0 saturated carbocycles. The molecule has 0 aromatic carbocycles. The van der Waals surface area contributed by atoms with Crippen molar-refractivity contribution in [2.75, 3.05) is 6.61 Å². The van der Waals surface area contributed by atoms with Crippen LogP contribution in [0.5, 0.6) is 0 Å². The summed E-state index contributed by atoms with van der Waals surface area (Å²) in [6.07, 6.45) is 1.42. The molecule has 0 unspecified atom stereocenters. The van der Waals surface area contributed by atoms with E-state index in [1.165, 1.54) is 6.20 Å². The first-order chi connectivity index (χ1) is 6.04. The van der Waals surface area contributed by atoms with Crippen LogP contribution >= 0.6 is 0 Å². The number of carbonyl (C=O) groups excluding carboxylic acids is 1. The zero-order valence-electron chi connectivity index (χ0n) is 8.68. The predicted octanol–water partition coefficient (Wildman–Crippen LogP) is 1.75. The van der Waals surface area contributed by atoms with E-state index in [1.54, 1.807) is 13.8 Å². The van der Waals surface area contributed by atoms with Crippen LogP contribution in [0.2, 0.25) is 0 Å². The van der Waals surface area contributed by atoms with Gasteiger partial charge in [0, 0.05) is 0 Å². The van der Waals surface area contributed by atoms with E-state index >= 15 is 0 Å². The zero-order valence-corrected chi connectivity index (χ0v) is 8.68. The lowest BCUT2D eigenvalue weighted by atomic mass is 10.0. The summed E-state index contributed by atoms with van der Waals surface area (Å²) in [5.74, 6) is -0.304. The first-order valence-corrected chi connectivity index (χ1v) is 4.28. The summed E-state index contributed by atoms with van der Waals surface area (Å²) >= 11 is 0. The van der Waals surface area contributed by atoms with E-state index in [2.05, 4.69) is 0 Å². The maximum atomic E-state index is 11.4. The molecule has 0 saturated heterocycles. The highest BCUT2D eigenvalue weighted by atomic mass is 16.5. The average Bonchev–Trinajstić information content (AvgIpc) is 2.04.